The number of ether oxygens (including phenoxy) is 2. The fourth-order valence-corrected chi connectivity index (χ4v) is 4.74. The van der Waals surface area contributed by atoms with Crippen molar-refractivity contribution in [3.8, 4) is 11.4 Å². The lowest BCUT2D eigenvalue weighted by molar-refractivity contribution is -0.146. The van der Waals surface area contributed by atoms with E-state index in [4.69, 9.17) is 9.47 Å². The normalized spacial score (nSPS) is 21.6. The van der Waals surface area contributed by atoms with E-state index in [0.29, 0.717) is 18.1 Å². The molecule has 2 aromatic carbocycles. The smallest absolute Gasteiger partial charge is 0.289 e. The van der Waals surface area contributed by atoms with Crippen LogP contribution in [0.5, 0.6) is 5.75 Å². The number of hydrogen-bond acceptors (Lipinski definition) is 4. The monoisotopic (exact) mass is 447 g/mol. The van der Waals surface area contributed by atoms with Crippen LogP contribution in [0.3, 0.4) is 0 Å². The van der Waals surface area contributed by atoms with E-state index in [1.54, 1.807) is 31.6 Å². The van der Waals surface area contributed by atoms with Crippen molar-refractivity contribution < 1.29 is 18.7 Å². The van der Waals surface area contributed by atoms with Gasteiger partial charge in [0.2, 0.25) is 0 Å². The molecule has 1 aromatic heterocycles. The third kappa shape index (κ3) is 4.11. The summed E-state index contributed by atoms with van der Waals surface area (Å²) in [7, 11) is 1.62. The van der Waals surface area contributed by atoms with Gasteiger partial charge in [-0.2, -0.15) is 0 Å². The first-order chi connectivity index (χ1) is 16.0. The highest BCUT2D eigenvalue weighted by Crippen LogP contribution is 2.38. The number of benzene rings is 2. The number of morpholine rings is 1. The van der Waals surface area contributed by atoms with Crippen molar-refractivity contribution in [3.63, 3.8) is 0 Å². The number of piperidine rings is 1. The van der Waals surface area contributed by atoms with Gasteiger partial charge in [0, 0.05) is 6.20 Å². The summed E-state index contributed by atoms with van der Waals surface area (Å²) in [6.45, 7) is 2.39. The van der Waals surface area contributed by atoms with E-state index in [1.165, 1.54) is 12.1 Å². The Labute approximate surface area is 192 Å². The third-order valence-electron chi connectivity index (χ3n) is 6.37. The Morgan fingerprint density at radius 1 is 1.18 bits per heavy atom. The molecule has 5 rings (SSSR count). The molecule has 2 aliphatic rings. The van der Waals surface area contributed by atoms with Crippen LogP contribution in [0.2, 0.25) is 0 Å². The molecule has 2 saturated heterocycles. The lowest BCUT2D eigenvalue weighted by Gasteiger charge is -2.45. The first-order valence-electron chi connectivity index (χ1n) is 11.1. The van der Waals surface area contributed by atoms with Crippen molar-refractivity contribution in [1.82, 2.24) is 14.5 Å². The van der Waals surface area contributed by atoms with Gasteiger partial charge in [-0.1, -0.05) is 18.2 Å². The maximum absolute atomic E-state index is 13.5. The number of carbonyl (C=O) groups is 1. The molecule has 0 N–H and O–H groups in total. The molecular weight excluding hydrogens is 421 g/mol. The second kappa shape index (κ2) is 8.73. The summed E-state index contributed by atoms with van der Waals surface area (Å²) in [5.74, 6) is 0.579. The van der Waals surface area contributed by atoms with Crippen molar-refractivity contribution in [2.24, 2.45) is 0 Å². The molecule has 0 spiro atoms. The van der Waals surface area contributed by atoms with Gasteiger partial charge in [-0.3, -0.25) is 4.79 Å². The average molecular weight is 448 g/mol. The van der Waals surface area contributed by atoms with E-state index in [9.17, 15) is 9.18 Å². The van der Waals surface area contributed by atoms with Crippen LogP contribution < -0.4 is 4.74 Å². The van der Waals surface area contributed by atoms with E-state index >= 15 is 0 Å². The molecule has 2 atom stereocenters. The van der Waals surface area contributed by atoms with Gasteiger partial charge in [0.05, 0.1) is 36.9 Å². The van der Waals surface area contributed by atoms with Crippen molar-refractivity contribution in [2.45, 2.75) is 38.3 Å². The van der Waals surface area contributed by atoms with Crippen molar-refractivity contribution in [2.75, 3.05) is 13.7 Å². The molecule has 6 nitrogen and oxygen atoms in total. The van der Waals surface area contributed by atoms with Crippen LogP contribution in [-0.4, -0.2) is 40.1 Å². The summed E-state index contributed by atoms with van der Waals surface area (Å²) < 4.78 is 26.8. The van der Waals surface area contributed by atoms with Gasteiger partial charge in [-0.05, 0) is 67.7 Å². The largest absolute Gasteiger partial charge is 0.495 e. The topological polar surface area (TPSA) is 56.6 Å². The molecule has 0 unspecified atom stereocenters. The number of halogens is 1. The van der Waals surface area contributed by atoms with Crippen LogP contribution >= 0.6 is 0 Å². The molecule has 2 fully saturated rings. The molecule has 170 valence electrons. The molecule has 0 radical (unpaired) electrons. The number of carbonyl (C=O) groups excluding carboxylic acids is 1. The Balaban J connectivity index is 1.44. The third-order valence-corrected chi connectivity index (χ3v) is 6.37. The SMILES string of the molecule is COc1cc(C=C2OC[C@@H]3CCC[C@H](c4ccc(F)cc4)N3C2=O)ccc1-n1cnc(C)c1. The summed E-state index contributed by atoms with van der Waals surface area (Å²) in [5, 5.41) is 0. The standard InChI is InChI=1S/C26H26FN3O3/c1-17-14-29(16-28-17)23-11-6-18(12-24(23)32-2)13-25-26(31)30-21(15-33-25)4-3-5-22(30)19-7-9-20(27)10-8-19/h6-14,16,21-22H,3-5,15H2,1-2H3/t21-,22+/m0/s1. The molecule has 0 bridgehead atoms. The number of aromatic nitrogens is 2. The highest BCUT2D eigenvalue weighted by Gasteiger charge is 2.40. The number of aryl methyl sites for hydroxylation is 1. The first-order valence-corrected chi connectivity index (χ1v) is 11.1. The Morgan fingerprint density at radius 3 is 2.73 bits per heavy atom. The van der Waals surface area contributed by atoms with Crippen molar-refractivity contribution >= 4 is 12.0 Å². The van der Waals surface area contributed by atoms with Crippen LogP contribution in [0.1, 0.15) is 42.1 Å². The summed E-state index contributed by atoms with van der Waals surface area (Å²) in [5.41, 5.74) is 3.54. The zero-order valence-electron chi connectivity index (χ0n) is 18.7. The second-order valence-electron chi connectivity index (χ2n) is 8.54. The molecule has 2 aliphatic heterocycles. The average Bonchev–Trinajstić information content (AvgIpc) is 3.27. The number of hydrogen-bond donors (Lipinski definition) is 0. The summed E-state index contributed by atoms with van der Waals surface area (Å²) in [4.78, 5) is 19.7. The lowest BCUT2D eigenvalue weighted by Crippen LogP contribution is -2.52. The van der Waals surface area contributed by atoms with E-state index in [1.807, 2.05) is 40.8 Å². The van der Waals surface area contributed by atoms with Gasteiger partial charge >= 0.3 is 0 Å². The molecule has 7 heteroatoms. The molecule has 3 aromatic rings. The van der Waals surface area contributed by atoms with Gasteiger partial charge in [0.15, 0.2) is 5.76 Å². The maximum atomic E-state index is 13.5. The summed E-state index contributed by atoms with van der Waals surface area (Å²) in [6, 6.07) is 12.2. The predicted octanol–water partition coefficient (Wildman–Crippen LogP) is 4.82. The van der Waals surface area contributed by atoms with Crippen LogP contribution in [0.4, 0.5) is 4.39 Å². The molecule has 0 saturated carbocycles. The minimum Gasteiger partial charge on any atom is -0.495 e. The molecule has 0 aliphatic carbocycles. The Morgan fingerprint density at radius 2 is 2.00 bits per heavy atom. The number of nitrogens with zero attached hydrogens (tertiary/aromatic N) is 3. The van der Waals surface area contributed by atoms with Crippen LogP contribution in [0.25, 0.3) is 11.8 Å². The molecular formula is C26H26FN3O3. The number of methoxy groups -OCH3 is 1. The second-order valence-corrected chi connectivity index (χ2v) is 8.54. The number of rotatable bonds is 4. The van der Waals surface area contributed by atoms with Crippen LogP contribution in [0.15, 0.2) is 60.7 Å². The van der Waals surface area contributed by atoms with Gasteiger partial charge < -0.3 is 18.9 Å². The molecule has 1 amide bonds. The Hall–Kier alpha value is -3.61. The van der Waals surface area contributed by atoms with Gasteiger partial charge in [0.1, 0.15) is 18.2 Å². The fourth-order valence-electron chi connectivity index (χ4n) is 4.74. The quantitative estimate of drug-likeness (QED) is 0.538. The van der Waals surface area contributed by atoms with E-state index in [-0.39, 0.29) is 23.8 Å². The van der Waals surface area contributed by atoms with Crippen LogP contribution in [-0.2, 0) is 9.53 Å². The van der Waals surface area contributed by atoms with E-state index in [2.05, 4.69) is 4.98 Å². The molecule has 33 heavy (non-hydrogen) atoms. The van der Waals surface area contributed by atoms with Gasteiger partial charge in [-0.25, -0.2) is 9.37 Å². The van der Waals surface area contributed by atoms with Crippen molar-refractivity contribution in [1.29, 1.82) is 0 Å². The highest BCUT2D eigenvalue weighted by molar-refractivity contribution is 5.97. The number of fused-ring (bicyclic) bond motifs is 1. The Kier molecular flexibility index (Phi) is 5.62. The lowest BCUT2D eigenvalue weighted by atomic mass is 9.90. The van der Waals surface area contributed by atoms with Gasteiger partial charge in [0.25, 0.3) is 5.91 Å². The highest BCUT2D eigenvalue weighted by atomic mass is 19.1. The summed E-state index contributed by atoms with van der Waals surface area (Å²) >= 11 is 0. The van der Waals surface area contributed by atoms with Crippen LogP contribution in [0, 0.1) is 12.7 Å². The zero-order chi connectivity index (χ0) is 22.9. The van der Waals surface area contributed by atoms with Gasteiger partial charge in [-0.15, -0.1) is 0 Å². The zero-order valence-corrected chi connectivity index (χ0v) is 18.7. The summed E-state index contributed by atoms with van der Waals surface area (Å²) in [6.07, 6.45) is 8.20. The number of imidazole rings is 1. The van der Waals surface area contributed by atoms with E-state index < -0.39 is 0 Å². The first kappa shape index (κ1) is 21.2. The minimum absolute atomic E-state index is 0.0276. The minimum atomic E-state index is -0.275. The number of amides is 1. The Bertz CT molecular complexity index is 1200. The molecule has 3 heterocycles. The van der Waals surface area contributed by atoms with E-state index in [0.717, 1.165) is 41.8 Å². The maximum Gasteiger partial charge on any atom is 0.289 e. The fraction of sp³-hybridized carbons (Fsp3) is 0.308. The van der Waals surface area contributed by atoms with Crippen molar-refractivity contribution in [3.05, 3.63) is 83.4 Å². The predicted molar refractivity (Wildman–Crippen MR) is 122 cm³/mol.